The summed E-state index contributed by atoms with van der Waals surface area (Å²) in [5.74, 6) is -0.300. The van der Waals surface area contributed by atoms with Gasteiger partial charge in [-0.3, -0.25) is 9.20 Å². The van der Waals surface area contributed by atoms with Gasteiger partial charge in [-0.05, 0) is 43.7 Å². The van der Waals surface area contributed by atoms with E-state index < -0.39 is 11.5 Å². The predicted octanol–water partition coefficient (Wildman–Crippen LogP) is 3.27. The van der Waals surface area contributed by atoms with E-state index in [1.807, 2.05) is 19.1 Å². The zero-order valence-corrected chi connectivity index (χ0v) is 15.4. The number of carbonyl (C=O) groups is 1. The van der Waals surface area contributed by atoms with Crippen LogP contribution in [0.15, 0.2) is 59.0 Å². The van der Waals surface area contributed by atoms with Crippen LogP contribution in [0.5, 0.6) is 11.6 Å². The van der Waals surface area contributed by atoms with Crippen molar-refractivity contribution in [1.29, 1.82) is 5.26 Å². The summed E-state index contributed by atoms with van der Waals surface area (Å²) in [7, 11) is 0. The highest BCUT2D eigenvalue weighted by atomic mass is 16.5. The lowest BCUT2D eigenvalue weighted by Gasteiger charge is -2.11. The standard InChI is InChI=1S/C21H17N3O4/c1-3-27-21(26)15(13-22)12-16-19(28-17-9-5-4-8-14(17)2)23-18-10-6-7-11-24(18)20(16)25/h4-12H,3H2,1-2H3. The number of fused-ring (bicyclic) bond motifs is 1. The van der Waals surface area contributed by atoms with Crippen molar-refractivity contribution in [2.24, 2.45) is 0 Å². The lowest BCUT2D eigenvalue weighted by atomic mass is 10.2. The molecule has 7 nitrogen and oxygen atoms in total. The van der Waals surface area contributed by atoms with Crippen LogP contribution in [0.1, 0.15) is 18.1 Å². The number of ether oxygens (including phenoxy) is 2. The minimum absolute atomic E-state index is 0.00236. The Morgan fingerprint density at radius 1 is 1.25 bits per heavy atom. The Morgan fingerprint density at radius 3 is 2.71 bits per heavy atom. The average molecular weight is 375 g/mol. The van der Waals surface area contributed by atoms with Gasteiger partial charge < -0.3 is 9.47 Å². The van der Waals surface area contributed by atoms with Crippen molar-refractivity contribution in [3.05, 3.63) is 75.7 Å². The molecule has 0 atom stereocenters. The van der Waals surface area contributed by atoms with Gasteiger partial charge in [0.05, 0.1) is 6.61 Å². The summed E-state index contributed by atoms with van der Waals surface area (Å²) in [5, 5.41) is 9.32. The predicted molar refractivity (Wildman–Crippen MR) is 103 cm³/mol. The first-order chi connectivity index (χ1) is 13.5. The Hall–Kier alpha value is -3.92. The number of pyridine rings is 1. The van der Waals surface area contributed by atoms with Crippen LogP contribution in [0.25, 0.3) is 11.7 Å². The van der Waals surface area contributed by atoms with E-state index in [1.54, 1.807) is 49.5 Å². The van der Waals surface area contributed by atoms with Crippen LogP contribution in [-0.4, -0.2) is 22.0 Å². The Balaban J connectivity index is 2.23. The van der Waals surface area contributed by atoms with Crippen LogP contribution in [0.4, 0.5) is 0 Å². The second kappa shape index (κ2) is 8.18. The van der Waals surface area contributed by atoms with Gasteiger partial charge in [0, 0.05) is 6.20 Å². The Bertz CT molecular complexity index is 1170. The van der Waals surface area contributed by atoms with Gasteiger partial charge >= 0.3 is 5.97 Å². The van der Waals surface area contributed by atoms with Gasteiger partial charge in [-0.2, -0.15) is 10.2 Å². The molecule has 140 valence electrons. The maximum atomic E-state index is 13.0. The first kappa shape index (κ1) is 18.9. The molecule has 28 heavy (non-hydrogen) atoms. The summed E-state index contributed by atoms with van der Waals surface area (Å²) in [6.07, 6.45) is 2.70. The zero-order chi connectivity index (χ0) is 20.1. The van der Waals surface area contributed by atoms with Gasteiger partial charge in [-0.25, -0.2) is 4.79 Å². The molecule has 0 aliphatic heterocycles. The molecule has 0 radical (unpaired) electrons. The molecule has 0 aliphatic carbocycles. The van der Waals surface area contributed by atoms with Crippen LogP contribution in [0, 0.1) is 18.3 Å². The molecular weight excluding hydrogens is 358 g/mol. The van der Waals surface area contributed by atoms with E-state index in [1.165, 1.54) is 4.40 Å². The van der Waals surface area contributed by atoms with Gasteiger partial charge in [0.15, 0.2) is 0 Å². The number of esters is 1. The number of aromatic nitrogens is 2. The molecule has 0 fully saturated rings. The average Bonchev–Trinajstić information content (AvgIpc) is 2.70. The molecule has 0 spiro atoms. The van der Waals surface area contributed by atoms with E-state index >= 15 is 0 Å². The van der Waals surface area contributed by atoms with Crippen molar-refractivity contribution in [2.45, 2.75) is 13.8 Å². The van der Waals surface area contributed by atoms with Gasteiger partial charge in [-0.1, -0.05) is 24.3 Å². The van der Waals surface area contributed by atoms with Crippen molar-refractivity contribution in [1.82, 2.24) is 9.38 Å². The SMILES string of the molecule is CCOC(=O)C(C#N)=Cc1c(Oc2ccccc2C)nc2ccccn2c1=O. The fraction of sp³-hybridized carbons (Fsp3) is 0.143. The zero-order valence-electron chi connectivity index (χ0n) is 15.4. The highest BCUT2D eigenvalue weighted by Crippen LogP contribution is 2.26. The molecule has 7 heteroatoms. The van der Waals surface area contributed by atoms with E-state index in [0.717, 1.165) is 11.6 Å². The molecule has 3 rings (SSSR count). The van der Waals surface area contributed by atoms with Gasteiger partial charge in [-0.15, -0.1) is 0 Å². The van der Waals surface area contributed by atoms with Crippen molar-refractivity contribution >= 4 is 17.7 Å². The Morgan fingerprint density at radius 2 is 2.00 bits per heavy atom. The molecule has 0 N–H and O–H groups in total. The van der Waals surface area contributed by atoms with E-state index in [0.29, 0.717) is 11.4 Å². The number of nitrogens with zero attached hydrogens (tertiary/aromatic N) is 3. The van der Waals surface area contributed by atoms with Crippen molar-refractivity contribution in [2.75, 3.05) is 6.61 Å². The molecule has 0 unspecified atom stereocenters. The number of rotatable bonds is 5. The van der Waals surface area contributed by atoms with Crippen LogP contribution in [0.2, 0.25) is 0 Å². The summed E-state index contributed by atoms with van der Waals surface area (Å²) < 4.78 is 12.1. The van der Waals surface area contributed by atoms with Crippen LogP contribution >= 0.6 is 0 Å². The molecule has 0 saturated heterocycles. The van der Waals surface area contributed by atoms with Gasteiger partial charge in [0.2, 0.25) is 5.88 Å². The minimum Gasteiger partial charge on any atom is -0.462 e. The highest BCUT2D eigenvalue weighted by Gasteiger charge is 2.18. The first-order valence-electron chi connectivity index (χ1n) is 8.59. The van der Waals surface area contributed by atoms with Crippen molar-refractivity contribution in [3.8, 4) is 17.7 Å². The van der Waals surface area contributed by atoms with Gasteiger partial charge in [0.1, 0.15) is 28.6 Å². The molecule has 0 saturated carbocycles. The lowest BCUT2D eigenvalue weighted by molar-refractivity contribution is -0.137. The monoisotopic (exact) mass is 375 g/mol. The van der Waals surface area contributed by atoms with E-state index in [9.17, 15) is 14.9 Å². The third-order valence-corrected chi connectivity index (χ3v) is 3.94. The number of para-hydroxylation sites is 1. The van der Waals surface area contributed by atoms with Crippen LogP contribution in [0.3, 0.4) is 0 Å². The van der Waals surface area contributed by atoms with Gasteiger partial charge in [0.25, 0.3) is 5.56 Å². The molecule has 1 aromatic carbocycles. The molecule has 0 bridgehead atoms. The van der Waals surface area contributed by atoms with Crippen molar-refractivity contribution < 1.29 is 14.3 Å². The Labute approximate surface area is 161 Å². The smallest absolute Gasteiger partial charge is 0.348 e. The maximum Gasteiger partial charge on any atom is 0.348 e. The van der Waals surface area contributed by atoms with Crippen LogP contribution in [-0.2, 0) is 9.53 Å². The largest absolute Gasteiger partial charge is 0.462 e. The van der Waals surface area contributed by atoms with Crippen molar-refractivity contribution in [3.63, 3.8) is 0 Å². The number of hydrogen-bond acceptors (Lipinski definition) is 6. The summed E-state index contributed by atoms with van der Waals surface area (Å²) in [5.41, 5.74) is 0.426. The molecule has 0 amide bonds. The van der Waals surface area contributed by atoms with Crippen LogP contribution < -0.4 is 10.3 Å². The summed E-state index contributed by atoms with van der Waals surface area (Å²) in [4.78, 5) is 29.4. The lowest BCUT2D eigenvalue weighted by Crippen LogP contribution is -2.19. The quantitative estimate of drug-likeness (QED) is 0.386. The molecule has 2 heterocycles. The minimum atomic E-state index is -0.815. The van der Waals surface area contributed by atoms with E-state index in [-0.39, 0.29) is 23.6 Å². The highest BCUT2D eigenvalue weighted by molar-refractivity contribution is 5.98. The maximum absolute atomic E-state index is 13.0. The second-order valence-electron chi connectivity index (χ2n) is 5.82. The number of carbonyl (C=O) groups excluding carboxylic acids is 1. The molecule has 2 aromatic heterocycles. The fourth-order valence-corrected chi connectivity index (χ4v) is 2.55. The topological polar surface area (TPSA) is 93.7 Å². The fourth-order valence-electron chi connectivity index (χ4n) is 2.55. The number of hydrogen-bond donors (Lipinski definition) is 0. The number of nitriles is 1. The summed E-state index contributed by atoms with van der Waals surface area (Å²) >= 11 is 0. The molecular formula is C21H17N3O4. The second-order valence-corrected chi connectivity index (χ2v) is 5.82. The third-order valence-electron chi connectivity index (χ3n) is 3.94. The van der Waals surface area contributed by atoms with E-state index in [2.05, 4.69) is 4.98 Å². The number of benzene rings is 1. The third kappa shape index (κ3) is 3.76. The molecule has 3 aromatic rings. The normalized spacial score (nSPS) is 11.1. The number of aryl methyl sites for hydroxylation is 1. The summed E-state index contributed by atoms with van der Waals surface area (Å²) in [6.45, 7) is 3.60. The molecule has 0 aliphatic rings. The van der Waals surface area contributed by atoms with E-state index in [4.69, 9.17) is 9.47 Å². The summed E-state index contributed by atoms with van der Waals surface area (Å²) in [6, 6.07) is 14.1. The first-order valence-corrected chi connectivity index (χ1v) is 8.59. The Kier molecular flexibility index (Phi) is 5.51.